The van der Waals surface area contributed by atoms with Crippen molar-refractivity contribution >= 4 is 33.2 Å². The molecule has 0 aliphatic carbocycles. The Morgan fingerprint density at radius 1 is 0.870 bits per heavy atom. The predicted molar refractivity (Wildman–Crippen MR) is 95.0 cm³/mol. The summed E-state index contributed by atoms with van der Waals surface area (Å²) >= 11 is 0. The van der Waals surface area contributed by atoms with Crippen molar-refractivity contribution in [1.82, 2.24) is 19.6 Å². The van der Waals surface area contributed by atoms with Crippen molar-refractivity contribution in [3.8, 4) is 0 Å². The highest BCUT2D eigenvalue weighted by Crippen LogP contribution is 2.21. The SMILES string of the molecule is Cc1c(N)ccc2cn(C)nc12.Cn1cc2cc(N)ccc2n1. The standard InChI is InChI=1S/C9H11N3.C8H9N3/c1-6-8(10)4-3-7-5-12(2)11-9(6)7;1-11-5-6-4-7(9)2-3-8(6)10-11/h3-5H,10H2,1-2H3;2-5H,9H2,1H3. The van der Waals surface area contributed by atoms with Gasteiger partial charge in [-0.2, -0.15) is 10.2 Å². The van der Waals surface area contributed by atoms with Crippen LogP contribution in [0.3, 0.4) is 0 Å². The summed E-state index contributed by atoms with van der Waals surface area (Å²) in [6.45, 7) is 1.99. The van der Waals surface area contributed by atoms with Gasteiger partial charge in [0, 0.05) is 54.2 Å². The molecule has 0 atom stereocenters. The van der Waals surface area contributed by atoms with E-state index in [0.717, 1.165) is 38.7 Å². The topological polar surface area (TPSA) is 87.7 Å². The van der Waals surface area contributed by atoms with E-state index in [-0.39, 0.29) is 0 Å². The van der Waals surface area contributed by atoms with E-state index in [1.54, 1.807) is 9.36 Å². The Bertz CT molecular complexity index is 979. The summed E-state index contributed by atoms with van der Waals surface area (Å²) in [6, 6.07) is 9.60. The average Bonchev–Trinajstić information content (AvgIpc) is 3.05. The van der Waals surface area contributed by atoms with Gasteiger partial charge in [0.05, 0.1) is 11.0 Å². The summed E-state index contributed by atoms with van der Waals surface area (Å²) in [5.41, 5.74) is 16.0. The summed E-state index contributed by atoms with van der Waals surface area (Å²) < 4.78 is 3.58. The lowest BCUT2D eigenvalue weighted by molar-refractivity contribution is 0.779. The zero-order chi connectivity index (χ0) is 16.6. The number of nitrogens with two attached hydrogens (primary N) is 2. The lowest BCUT2D eigenvalue weighted by Crippen LogP contribution is -1.90. The first kappa shape index (κ1) is 14.9. The third kappa shape index (κ3) is 2.96. The molecule has 4 aromatic rings. The molecule has 0 unspecified atom stereocenters. The van der Waals surface area contributed by atoms with Crippen molar-refractivity contribution in [3.63, 3.8) is 0 Å². The average molecular weight is 308 g/mol. The number of hydrogen-bond donors (Lipinski definition) is 2. The minimum atomic E-state index is 0.783. The molecular formula is C17H20N6. The second-order valence-electron chi connectivity index (χ2n) is 5.64. The van der Waals surface area contributed by atoms with Crippen molar-refractivity contribution in [2.24, 2.45) is 14.1 Å². The van der Waals surface area contributed by atoms with Crippen molar-refractivity contribution in [1.29, 1.82) is 0 Å². The van der Waals surface area contributed by atoms with Gasteiger partial charge in [0.2, 0.25) is 0 Å². The molecule has 0 aliphatic rings. The fourth-order valence-electron chi connectivity index (χ4n) is 2.53. The first-order chi connectivity index (χ1) is 10.9. The molecule has 2 aromatic heterocycles. The Hall–Kier alpha value is -3.02. The van der Waals surface area contributed by atoms with Crippen LogP contribution < -0.4 is 11.5 Å². The summed E-state index contributed by atoms with van der Waals surface area (Å²) in [6.07, 6.45) is 3.94. The minimum Gasteiger partial charge on any atom is -0.399 e. The molecule has 0 saturated heterocycles. The van der Waals surface area contributed by atoms with Crippen LogP contribution in [0.2, 0.25) is 0 Å². The lowest BCUT2D eigenvalue weighted by Gasteiger charge is -1.97. The number of fused-ring (bicyclic) bond motifs is 2. The molecule has 6 heteroatoms. The van der Waals surface area contributed by atoms with E-state index in [1.165, 1.54) is 0 Å². The van der Waals surface area contributed by atoms with Crippen LogP contribution in [0.4, 0.5) is 11.4 Å². The van der Waals surface area contributed by atoms with Crippen LogP contribution in [0.1, 0.15) is 5.56 Å². The number of nitrogen functional groups attached to an aromatic ring is 2. The van der Waals surface area contributed by atoms with Crippen molar-refractivity contribution in [3.05, 3.63) is 48.3 Å². The highest BCUT2D eigenvalue weighted by atomic mass is 15.2. The second-order valence-corrected chi connectivity index (χ2v) is 5.64. The van der Waals surface area contributed by atoms with Gasteiger partial charge < -0.3 is 11.5 Å². The maximum absolute atomic E-state index is 5.75. The monoisotopic (exact) mass is 308 g/mol. The number of benzene rings is 2. The highest BCUT2D eigenvalue weighted by Gasteiger charge is 2.03. The van der Waals surface area contributed by atoms with Gasteiger partial charge in [-0.25, -0.2) is 0 Å². The lowest BCUT2D eigenvalue weighted by atomic mass is 10.1. The summed E-state index contributed by atoms with van der Waals surface area (Å²) in [7, 11) is 3.81. The molecule has 0 aliphatic heterocycles. The molecule has 0 saturated carbocycles. The van der Waals surface area contributed by atoms with E-state index in [2.05, 4.69) is 10.2 Å². The number of anilines is 2. The van der Waals surface area contributed by atoms with Crippen LogP contribution in [0.15, 0.2) is 42.7 Å². The van der Waals surface area contributed by atoms with Gasteiger partial charge in [-0.3, -0.25) is 9.36 Å². The zero-order valence-electron chi connectivity index (χ0n) is 13.5. The van der Waals surface area contributed by atoms with Gasteiger partial charge in [-0.05, 0) is 37.3 Å². The fourth-order valence-corrected chi connectivity index (χ4v) is 2.53. The first-order valence-electron chi connectivity index (χ1n) is 7.31. The van der Waals surface area contributed by atoms with Gasteiger partial charge in [0.25, 0.3) is 0 Å². The maximum Gasteiger partial charge on any atom is 0.0972 e. The normalized spacial score (nSPS) is 10.7. The number of nitrogens with zero attached hydrogens (tertiary/aromatic N) is 4. The number of hydrogen-bond acceptors (Lipinski definition) is 4. The van der Waals surface area contributed by atoms with E-state index >= 15 is 0 Å². The van der Waals surface area contributed by atoms with Crippen LogP contribution in [-0.4, -0.2) is 19.6 Å². The molecule has 6 nitrogen and oxygen atoms in total. The molecule has 0 bridgehead atoms. The number of aromatic nitrogens is 4. The van der Waals surface area contributed by atoms with E-state index in [4.69, 9.17) is 11.5 Å². The van der Waals surface area contributed by atoms with Crippen molar-refractivity contribution < 1.29 is 0 Å². The van der Waals surface area contributed by atoms with Gasteiger partial charge in [-0.1, -0.05) is 0 Å². The van der Waals surface area contributed by atoms with Crippen LogP contribution in [0, 0.1) is 6.92 Å². The molecule has 0 spiro atoms. The maximum atomic E-state index is 5.75. The molecule has 0 fully saturated rings. The molecule has 2 aromatic carbocycles. The molecule has 118 valence electrons. The molecular weight excluding hydrogens is 288 g/mol. The molecule has 0 radical (unpaired) electrons. The van der Waals surface area contributed by atoms with Crippen molar-refractivity contribution in [2.75, 3.05) is 11.5 Å². The Morgan fingerprint density at radius 3 is 2.35 bits per heavy atom. The highest BCUT2D eigenvalue weighted by molar-refractivity contribution is 5.85. The van der Waals surface area contributed by atoms with Gasteiger partial charge in [0.15, 0.2) is 0 Å². The van der Waals surface area contributed by atoms with E-state index in [9.17, 15) is 0 Å². The van der Waals surface area contributed by atoms with Crippen LogP contribution >= 0.6 is 0 Å². The van der Waals surface area contributed by atoms with Crippen molar-refractivity contribution in [2.45, 2.75) is 6.92 Å². The Labute approximate surface area is 134 Å². The molecule has 0 amide bonds. The van der Waals surface area contributed by atoms with Gasteiger partial charge in [0.1, 0.15) is 0 Å². The first-order valence-corrected chi connectivity index (χ1v) is 7.31. The minimum absolute atomic E-state index is 0.783. The predicted octanol–water partition coefficient (Wildman–Crippen LogP) is 2.62. The largest absolute Gasteiger partial charge is 0.399 e. The number of rotatable bonds is 0. The zero-order valence-corrected chi connectivity index (χ0v) is 13.5. The van der Waals surface area contributed by atoms with E-state index in [0.29, 0.717) is 0 Å². The van der Waals surface area contributed by atoms with E-state index < -0.39 is 0 Å². The third-order valence-electron chi connectivity index (χ3n) is 3.73. The quantitative estimate of drug-likeness (QED) is 0.489. The van der Waals surface area contributed by atoms with Gasteiger partial charge >= 0.3 is 0 Å². The van der Waals surface area contributed by atoms with Gasteiger partial charge in [-0.15, -0.1) is 0 Å². The Morgan fingerprint density at radius 2 is 1.57 bits per heavy atom. The van der Waals surface area contributed by atoms with Crippen LogP contribution in [-0.2, 0) is 14.1 Å². The fraction of sp³-hybridized carbons (Fsp3) is 0.176. The smallest absolute Gasteiger partial charge is 0.0972 e. The summed E-state index contributed by atoms with van der Waals surface area (Å²) in [4.78, 5) is 0. The molecule has 23 heavy (non-hydrogen) atoms. The number of aryl methyl sites for hydroxylation is 3. The van der Waals surface area contributed by atoms with Crippen LogP contribution in [0.5, 0.6) is 0 Å². The second kappa shape index (κ2) is 5.64. The summed E-state index contributed by atoms with van der Waals surface area (Å²) in [5.74, 6) is 0. The summed E-state index contributed by atoms with van der Waals surface area (Å²) in [5, 5.41) is 10.8. The molecule has 4 rings (SSSR count). The molecule has 4 N–H and O–H groups in total. The Balaban J connectivity index is 0.000000136. The van der Waals surface area contributed by atoms with Crippen LogP contribution in [0.25, 0.3) is 21.8 Å². The molecule has 2 heterocycles. The Kier molecular flexibility index (Phi) is 3.65. The third-order valence-corrected chi connectivity index (χ3v) is 3.73. The van der Waals surface area contributed by atoms with E-state index in [1.807, 2.05) is 63.7 Å².